The number of fused-ring (bicyclic) bond motifs is 1. The van der Waals surface area contributed by atoms with Crippen molar-refractivity contribution in [1.82, 2.24) is 19.8 Å². The predicted octanol–water partition coefficient (Wildman–Crippen LogP) is 3.47. The maximum absolute atomic E-state index is 12.6. The quantitative estimate of drug-likeness (QED) is 0.530. The Bertz CT molecular complexity index is 1340. The Hall–Kier alpha value is -4.41. The third kappa shape index (κ3) is 4.27. The van der Waals surface area contributed by atoms with E-state index in [4.69, 9.17) is 10.2 Å². The highest BCUT2D eigenvalue weighted by molar-refractivity contribution is 6.09. The van der Waals surface area contributed by atoms with Crippen LogP contribution in [0.5, 0.6) is 0 Å². The molecule has 1 unspecified atom stereocenters. The van der Waals surface area contributed by atoms with E-state index in [1.54, 1.807) is 17.9 Å². The number of hydrazone groups is 1. The number of hydrogen-bond acceptors (Lipinski definition) is 8. The van der Waals surface area contributed by atoms with Gasteiger partial charge in [0.25, 0.3) is 0 Å². The molecule has 2 aliphatic rings. The van der Waals surface area contributed by atoms with Crippen LogP contribution in [0.2, 0.25) is 0 Å². The number of aryl methyl sites for hydroxylation is 1. The standard InChI is InChI=1S/C24H27N9O2/c1-24(2,3)18-9-19(32(4)31-18)30-23(34)29-15-7-5-14(6-8-15)20-16(17-10-26-13-35-17)11-33-21(20)22(25)27-12-28-33/h5-10,12-13,16H,11H2,1-4H3,(H2,25,27,28)(H2,29,30,34). The van der Waals surface area contributed by atoms with Crippen molar-refractivity contribution in [3.8, 4) is 0 Å². The van der Waals surface area contributed by atoms with Crippen LogP contribution in [-0.2, 0) is 12.5 Å². The number of amides is 2. The summed E-state index contributed by atoms with van der Waals surface area (Å²) in [6.45, 7) is 6.79. The molecule has 5 rings (SSSR count). The number of anilines is 2. The average Bonchev–Trinajstić information content (AvgIpc) is 3.53. The SMILES string of the molecule is Cn1nc(C(C)(C)C)cc1NC(=O)Nc1ccc(C2=C3C(N)=NC=NN3CC2c2cnco2)cc1. The fourth-order valence-electron chi connectivity index (χ4n) is 4.18. The van der Waals surface area contributed by atoms with Gasteiger partial charge in [-0.1, -0.05) is 32.9 Å². The molecular weight excluding hydrogens is 446 g/mol. The number of urea groups is 1. The Kier molecular flexibility index (Phi) is 5.39. The number of aromatic nitrogens is 3. The van der Waals surface area contributed by atoms with Crippen LogP contribution in [0.25, 0.3) is 5.57 Å². The Morgan fingerprint density at radius 1 is 1.20 bits per heavy atom. The molecule has 3 aromatic rings. The Morgan fingerprint density at radius 3 is 2.63 bits per heavy atom. The van der Waals surface area contributed by atoms with Gasteiger partial charge in [0.1, 0.15) is 23.6 Å². The Labute approximate surface area is 202 Å². The second-order valence-electron chi connectivity index (χ2n) is 9.49. The van der Waals surface area contributed by atoms with Crippen LogP contribution in [0.15, 0.2) is 63.1 Å². The van der Waals surface area contributed by atoms with E-state index in [-0.39, 0.29) is 17.4 Å². The molecule has 180 valence electrons. The highest BCUT2D eigenvalue weighted by atomic mass is 16.3. The number of oxazole rings is 1. The lowest BCUT2D eigenvalue weighted by atomic mass is 9.91. The van der Waals surface area contributed by atoms with E-state index in [1.165, 1.54) is 12.7 Å². The summed E-state index contributed by atoms with van der Waals surface area (Å²) < 4.78 is 7.26. The van der Waals surface area contributed by atoms with Gasteiger partial charge < -0.3 is 15.5 Å². The van der Waals surface area contributed by atoms with E-state index in [0.717, 1.165) is 28.3 Å². The van der Waals surface area contributed by atoms with Crippen LogP contribution in [0.1, 0.15) is 43.7 Å². The number of aliphatic imine (C=N–C) groups is 1. The predicted molar refractivity (Wildman–Crippen MR) is 134 cm³/mol. The fourth-order valence-corrected chi connectivity index (χ4v) is 4.18. The molecule has 2 aromatic heterocycles. The lowest BCUT2D eigenvalue weighted by Gasteiger charge is -2.18. The minimum absolute atomic E-state index is 0.111. The van der Waals surface area contributed by atoms with Gasteiger partial charge in [-0.25, -0.2) is 14.8 Å². The van der Waals surface area contributed by atoms with Crippen molar-refractivity contribution in [1.29, 1.82) is 0 Å². The zero-order valence-corrected chi connectivity index (χ0v) is 20.0. The smallest absolute Gasteiger partial charge is 0.324 e. The molecule has 1 atom stereocenters. The molecule has 4 N–H and O–H groups in total. The van der Waals surface area contributed by atoms with Crippen molar-refractivity contribution in [3.05, 3.63) is 65.6 Å². The molecule has 35 heavy (non-hydrogen) atoms. The van der Waals surface area contributed by atoms with Crippen molar-refractivity contribution >= 4 is 35.3 Å². The van der Waals surface area contributed by atoms with Crippen molar-refractivity contribution in [2.45, 2.75) is 32.1 Å². The zero-order valence-electron chi connectivity index (χ0n) is 20.0. The highest BCUT2D eigenvalue weighted by Gasteiger charge is 2.38. The average molecular weight is 474 g/mol. The van der Waals surface area contributed by atoms with Gasteiger partial charge in [-0.15, -0.1) is 0 Å². The first-order valence-electron chi connectivity index (χ1n) is 11.2. The third-order valence-electron chi connectivity index (χ3n) is 5.99. The molecule has 0 fully saturated rings. The molecule has 0 bridgehead atoms. The number of nitrogens with zero attached hydrogens (tertiary/aromatic N) is 6. The third-order valence-corrected chi connectivity index (χ3v) is 5.99. The van der Waals surface area contributed by atoms with E-state index in [2.05, 4.69) is 51.6 Å². The molecule has 11 heteroatoms. The maximum Gasteiger partial charge on any atom is 0.324 e. The number of benzene rings is 1. The van der Waals surface area contributed by atoms with Gasteiger partial charge >= 0.3 is 6.03 Å². The summed E-state index contributed by atoms with van der Waals surface area (Å²) in [5, 5.41) is 16.4. The van der Waals surface area contributed by atoms with Crippen LogP contribution >= 0.6 is 0 Å². The van der Waals surface area contributed by atoms with Crippen LogP contribution in [-0.4, -0.2) is 44.5 Å². The number of rotatable bonds is 4. The van der Waals surface area contributed by atoms with Gasteiger partial charge in [0.15, 0.2) is 12.2 Å². The zero-order chi connectivity index (χ0) is 24.7. The summed E-state index contributed by atoms with van der Waals surface area (Å²) in [7, 11) is 1.80. The van der Waals surface area contributed by atoms with E-state index in [0.29, 0.717) is 23.9 Å². The maximum atomic E-state index is 12.6. The van der Waals surface area contributed by atoms with E-state index in [9.17, 15) is 4.79 Å². The number of carbonyl (C=O) groups is 1. The number of nitrogens with two attached hydrogens (primary N) is 1. The van der Waals surface area contributed by atoms with Gasteiger partial charge in [-0.3, -0.25) is 15.0 Å². The second-order valence-corrected chi connectivity index (χ2v) is 9.49. The minimum Gasteiger partial charge on any atom is -0.448 e. The summed E-state index contributed by atoms with van der Waals surface area (Å²) in [6.07, 6.45) is 4.55. The van der Waals surface area contributed by atoms with Gasteiger partial charge in [0, 0.05) is 29.8 Å². The largest absolute Gasteiger partial charge is 0.448 e. The molecule has 11 nitrogen and oxygen atoms in total. The number of amidine groups is 1. The lowest BCUT2D eigenvalue weighted by molar-refractivity contribution is 0.262. The summed E-state index contributed by atoms with van der Waals surface area (Å²) >= 11 is 0. The van der Waals surface area contributed by atoms with Gasteiger partial charge in [-0.2, -0.15) is 10.2 Å². The van der Waals surface area contributed by atoms with Crippen molar-refractivity contribution in [3.63, 3.8) is 0 Å². The summed E-state index contributed by atoms with van der Waals surface area (Å²) in [5.74, 6) is 1.62. The topological polar surface area (TPSA) is 139 Å². The highest BCUT2D eigenvalue weighted by Crippen LogP contribution is 2.43. The molecule has 0 aliphatic carbocycles. The molecule has 0 saturated carbocycles. The summed E-state index contributed by atoms with van der Waals surface area (Å²) in [6, 6.07) is 9.06. The Morgan fingerprint density at radius 2 is 1.97 bits per heavy atom. The monoisotopic (exact) mass is 473 g/mol. The first-order valence-corrected chi connectivity index (χ1v) is 11.2. The first-order chi connectivity index (χ1) is 16.7. The van der Waals surface area contributed by atoms with E-state index >= 15 is 0 Å². The second kappa shape index (κ2) is 8.42. The molecule has 1 aromatic carbocycles. The van der Waals surface area contributed by atoms with Gasteiger partial charge in [0.05, 0.1) is 24.4 Å². The van der Waals surface area contributed by atoms with Crippen LogP contribution in [0.4, 0.5) is 16.3 Å². The Balaban J connectivity index is 1.36. The van der Waals surface area contributed by atoms with Crippen molar-refractivity contribution < 1.29 is 9.21 Å². The molecule has 2 amide bonds. The first kappa shape index (κ1) is 22.4. The number of nitrogens with one attached hydrogen (secondary N) is 2. The molecule has 0 spiro atoms. The van der Waals surface area contributed by atoms with E-state index < -0.39 is 0 Å². The summed E-state index contributed by atoms with van der Waals surface area (Å²) in [4.78, 5) is 20.9. The van der Waals surface area contributed by atoms with Crippen LogP contribution in [0, 0.1) is 0 Å². The lowest BCUT2D eigenvalue weighted by Crippen LogP contribution is -2.28. The molecular formula is C24H27N9O2. The molecule has 0 radical (unpaired) electrons. The van der Waals surface area contributed by atoms with Crippen molar-refractivity contribution in [2.75, 3.05) is 17.2 Å². The van der Waals surface area contributed by atoms with Gasteiger partial charge in [-0.05, 0) is 17.7 Å². The van der Waals surface area contributed by atoms with Crippen LogP contribution in [0.3, 0.4) is 0 Å². The van der Waals surface area contributed by atoms with Crippen molar-refractivity contribution in [2.24, 2.45) is 22.9 Å². The van der Waals surface area contributed by atoms with Crippen LogP contribution < -0.4 is 16.4 Å². The van der Waals surface area contributed by atoms with Gasteiger partial charge in [0.2, 0.25) is 0 Å². The number of carbonyl (C=O) groups excluding carboxylic acids is 1. The molecule has 2 aliphatic heterocycles. The minimum atomic E-state index is -0.354. The number of hydrogen-bond donors (Lipinski definition) is 3. The van der Waals surface area contributed by atoms with E-state index in [1.807, 2.05) is 35.3 Å². The molecule has 4 heterocycles. The summed E-state index contributed by atoms with van der Waals surface area (Å²) in [5.41, 5.74) is 10.3. The fraction of sp³-hybridized carbons (Fsp3) is 0.292. The molecule has 0 saturated heterocycles. The normalized spacial score (nSPS) is 17.4.